The summed E-state index contributed by atoms with van der Waals surface area (Å²) < 4.78 is 11.2. The van der Waals surface area contributed by atoms with Gasteiger partial charge in [-0.3, -0.25) is 9.78 Å². The average molecular weight is 352 g/mol. The third-order valence-electron chi connectivity index (χ3n) is 4.04. The van der Waals surface area contributed by atoms with Crippen LogP contribution < -0.4 is 15.7 Å². The molecule has 3 rings (SSSR count). The molecule has 0 saturated carbocycles. The predicted octanol–water partition coefficient (Wildman–Crippen LogP) is 2.89. The summed E-state index contributed by atoms with van der Waals surface area (Å²) in [5, 5.41) is 3.54. The fourth-order valence-corrected chi connectivity index (χ4v) is 2.75. The molecule has 2 heterocycles. The number of carbonyl (C=O) groups excluding carboxylic acids is 1. The lowest BCUT2D eigenvalue weighted by molar-refractivity contribution is -0.127. The molecule has 1 N–H and O–H groups in total. The predicted molar refractivity (Wildman–Crippen MR) is 98.1 cm³/mol. The fourth-order valence-electron chi connectivity index (χ4n) is 2.75. The van der Waals surface area contributed by atoms with E-state index in [4.69, 9.17) is 9.15 Å². The number of nitrogens with zero attached hydrogens (tertiary/aromatic N) is 1. The first kappa shape index (κ1) is 17.7. The number of pyridine rings is 1. The van der Waals surface area contributed by atoms with Crippen molar-refractivity contribution >= 4 is 16.9 Å². The summed E-state index contributed by atoms with van der Waals surface area (Å²) >= 11 is 0. The maximum absolute atomic E-state index is 12.4. The van der Waals surface area contributed by atoms with Gasteiger partial charge in [-0.25, -0.2) is 4.79 Å². The molecule has 0 aliphatic carbocycles. The molecule has 0 aliphatic heterocycles. The molecule has 3 aromatic rings. The molecule has 0 bridgehead atoms. The van der Waals surface area contributed by atoms with E-state index in [9.17, 15) is 9.59 Å². The number of fused-ring (bicyclic) bond motifs is 1. The molecule has 1 aromatic carbocycles. The first-order valence-electron chi connectivity index (χ1n) is 8.32. The van der Waals surface area contributed by atoms with Gasteiger partial charge in [0.25, 0.3) is 5.91 Å². The summed E-state index contributed by atoms with van der Waals surface area (Å²) in [6.45, 7) is 5.78. The van der Waals surface area contributed by atoms with Gasteiger partial charge in [-0.1, -0.05) is 0 Å². The summed E-state index contributed by atoms with van der Waals surface area (Å²) in [6, 6.07) is 8.71. The summed E-state index contributed by atoms with van der Waals surface area (Å²) in [7, 11) is 0. The van der Waals surface area contributed by atoms with E-state index in [2.05, 4.69) is 10.3 Å². The second-order valence-corrected chi connectivity index (χ2v) is 6.22. The van der Waals surface area contributed by atoms with Crippen molar-refractivity contribution in [3.63, 3.8) is 0 Å². The zero-order valence-corrected chi connectivity index (χ0v) is 14.9. The molecule has 26 heavy (non-hydrogen) atoms. The van der Waals surface area contributed by atoms with Crippen LogP contribution in [0.2, 0.25) is 0 Å². The maximum Gasteiger partial charge on any atom is 0.336 e. The summed E-state index contributed by atoms with van der Waals surface area (Å²) in [5.41, 5.74) is 2.63. The highest BCUT2D eigenvalue weighted by Gasteiger charge is 2.18. The van der Waals surface area contributed by atoms with Gasteiger partial charge >= 0.3 is 5.63 Å². The van der Waals surface area contributed by atoms with Crippen LogP contribution in [0.5, 0.6) is 5.75 Å². The van der Waals surface area contributed by atoms with Crippen molar-refractivity contribution < 1.29 is 13.9 Å². The first-order chi connectivity index (χ1) is 12.4. The van der Waals surface area contributed by atoms with Crippen LogP contribution in [0.4, 0.5) is 0 Å². The van der Waals surface area contributed by atoms with Crippen LogP contribution in [0.15, 0.2) is 51.9 Å². The Labute approximate surface area is 150 Å². The van der Waals surface area contributed by atoms with Gasteiger partial charge in [-0.15, -0.1) is 0 Å². The zero-order chi connectivity index (χ0) is 18.7. The molecule has 1 amide bonds. The fraction of sp³-hybridized carbons (Fsp3) is 0.250. The summed E-state index contributed by atoms with van der Waals surface area (Å²) in [4.78, 5) is 27.9. The van der Waals surface area contributed by atoms with E-state index < -0.39 is 11.7 Å². The van der Waals surface area contributed by atoms with Gasteiger partial charge in [0.2, 0.25) is 0 Å². The normalized spacial score (nSPS) is 12.0. The van der Waals surface area contributed by atoms with Crippen LogP contribution in [-0.4, -0.2) is 17.0 Å². The van der Waals surface area contributed by atoms with Crippen molar-refractivity contribution in [1.82, 2.24) is 10.3 Å². The van der Waals surface area contributed by atoms with Gasteiger partial charge in [-0.05, 0) is 61.7 Å². The zero-order valence-electron chi connectivity index (χ0n) is 14.9. The van der Waals surface area contributed by atoms with E-state index in [0.717, 1.165) is 16.7 Å². The highest BCUT2D eigenvalue weighted by Crippen LogP contribution is 2.30. The number of hydrogen-bond donors (Lipinski definition) is 1. The maximum atomic E-state index is 12.4. The molecule has 6 heteroatoms. The van der Waals surface area contributed by atoms with Crippen molar-refractivity contribution in [3.8, 4) is 5.75 Å². The number of aryl methyl sites for hydroxylation is 2. The smallest absolute Gasteiger partial charge is 0.336 e. The van der Waals surface area contributed by atoms with E-state index in [-0.39, 0.29) is 5.91 Å². The van der Waals surface area contributed by atoms with Gasteiger partial charge in [0.05, 0.1) is 5.39 Å². The minimum Gasteiger partial charge on any atom is -0.480 e. The van der Waals surface area contributed by atoms with E-state index in [1.807, 2.05) is 32.0 Å². The van der Waals surface area contributed by atoms with E-state index >= 15 is 0 Å². The Kier molecular flexibility index (Phi) is 5.02. The number of aromatic nitrogens is 1. The lowest BCUT2D eigenvalue weighted by atomic mass is 10.1. The van der Waals surface area contributed by atoms with E-state index in [1.54, 1.807) is 25.4 Å². The second kappa shape index (κ2) is 7.39. The number of rotatable bonds is 5. The summed E-state index contributed by atoms with van der Waals surface area (Å²) in [6.07, 6.45) is 2.65. The van der Waals surface area contributed by atoms with E-state index in [0.29, 0.717) is 23.3 Å². The molecule has 0 aliphatic rings. The second-order valence-electron chi connectivity index (χ2n) is 6.22. The Balaban J connectivity index is 1.79. The number of benzene rings is 1. The topological polar surface area (TPSA) is 81.4 Å². The minimum atomic E-state index is -0.701. The molecular formula is C20H20N2O4. The van der Waals surface area contributed by atoms with Crippen LogP contribution in [0.3, 0.4) is 0 Å². The number of nitrogens with one attached hydrogen (secondary N) is 1. The number of amides is 1. The highest BCUT2D eigenvalue weighted by molar-refractivity contribution is 5.88. The van der Waals surface area contributed by atoms with Gasteiger partial charge in [-0.2, -0.15) is 0 Å². The lowest BCUT2D eigenvalue weighted by Gasteiger charge is -2.17. The van der Waals surface area contributed by atoms with Crippen LogP contribution in [-0.2, 0) is 11.3 Å². The third kappa shape index (κ3) is 3.91. The van der Waals surface area contributed by atoms with Gasteiger partial charge < -0.3 is 14.5 Å². The SMILES string of the molecule is Cc1cc(O[C@H](C)C(=O)NCc2ccncc2)c2c(C)cc(=O)oc2c1. The largest absolute Gasteiger partial charge is 0.480 e. The molecule has 6 nitrogen and oxygen atoms in total. The summed E-state index contributed by atoms with van der Waals surface area (Å²) in [5.74, 6) is 0.291. The minimum absolute atomic E-state index is 0.230. The number of hydrogen-bond acceptors (Lipinski definition) is 5. The molecule has 0 unspecified atom stereocenters. The van der Waals surface area contributed by atoms with Gasteiger partial charge in [0.15, 0.2) is 6.10 Å². The quantitative estimate of drug-likeness (QED) is 0.714. The highest BCUT2D eigenvalue weighted by atomic mass is 16.5. The Hall–Kier alpha value is -3.15. The molecule has 0 saturated heterocycles. The molecule has 0 spiro atoms. The average Bonchev–Trinajstić information content (AvgIpc) is 2.59. The van der Waals surface area contributed by atoms with E-state index in [1.165, 1.54) is 6.07 Å². The van der Waals surface area contributed by atoms with Crippen molar-refractivity contribution in [2.24, 2.45) is 0 Å². The Morgan fingerprint density at radius 2 is 1.96 bits per heavy atom. The van der Waals surface area contributed by atoms with Crippen molar-refractivity contribution in [2.75, 3.05) is 0 Å². The van der Waals surface area contributed by atoms with Crippen molar-refractivity contribution in [3.05, 3.63) is 69.8 Å². The molecule has 134 valence electrons. The molecule has 2 aromatic heterocycles. The van der Waals surface area contributed by atoms with Gasteiger partial charge in [0, 0.05) is 25.0 Å². The Bertz CT molecular complexity index is 996. The molecule has 0 radical (unpaired) electrons. The lowest BCUT2D eigenvalue weighted by Crippen LogP contribution is -2.36. The Morgan fingerprint density at radius 3 is 2.69 bits per heavy atom. The van der Waals surface area contributed by atoms with Gasteiger partial charge in [0.1, 0.15) is 11.3 Å². The number of ether oxygens (including phenoxy) is 1. The van der Waals surface area contributed by atoms with Crippen molar-refractivity contribution in [2.45, 2.75) is 33.4 Å². The van der Waals surface area contributed by atoms with Crippen LogP contribution in [0, 0.1) is 13.8 Å². The third-order valence-corrected chi connectivity index (χ3v) is 4.04. The first-order valence-corrected chi connectivity index (χ1v) is 8.32. The molecular weight excluding hydrogens is 332 g/mol. The standard InChI is InChI=1S/C20H20N2O4/c1-12-8-16(19-13(2)10-18(23)26-17(19)9-12)25-14(3)20(24)22-11-15-4-6-21-7-5-15/h4-10,14H,11H2,1-3H3,(H,22,24)/t14-/m1/s1. The monoisotopic (exact) mass is 352 g/mol. The van der Waals surface area contributed by atoms with Crippen LogP contribution in [0.1, 0.15) is 23.6 Å². The van der Waals surface area contributed by atoms with Crippen LogP contribution in [0.25, 0.3) is 11.0 Å². The van der Waals surface area contributed by atoms with Crippen LogP contribution >= 0.6 is 0 Å². The van der Waals surface area contributed by atoms with Crippen molar-refractivity contribution in [1.29, 1.82) is 0 Å². The number of carbonyl (C=O) groups is 1. The molecule has 0 fully saturated rings. The Morgan fingerprint density at radius 1 is 1.23 bits per heavy atom. The molecule has 1 atom stereocenters.